The largest absolute Gasteiger partial charge is 0.316 e. The number of hydrogen-bond donors (Lipinski definition) is 0. The lowest BCUT2D eigenvalue weighted by atomic mass is 10.3. The Morgan fingerprint density at radius 2 is 2.33 bits per heavy atom. The van der Waals surface area contributed by atoms with Gasteiger partial charge < -0.3 is 4.57 Å². The van der Waals surface area contributed by atoms with Gasteiger partial charge in [-0.3, -0.25) is 0 Å². The first-order valence-electron chi connectivity index (χ1n) is 3.67. The first-order chi connectivity index (χ1) is 5.77. The van der Waals surface area contributed by atoms with Gasteiger partial charge in [0.25, 0.3) is 0 Å². The summed E-state index contributed by atoms with van der Waals surface area (Å²) < 4.78 is 1.92. The molecule has 3 nitrogen and oxygen atoms in total. The van der Waals surface area contributed by atoms with Gasteiger partial charge in [0.05, 0.1) is 4.88 Å². The molecule has 0 saturated heterocycles. The van der Waals surface area contributed by atoms with Crippen molar-refractivity contribution >= 4 is 11.3 Å². The van der Waals surface area contributed by atoms with Gasteiger partial charge in [-0.15, -0.1) is 21.5 Å². The minimum Gasteiger partial charge on any atom is -0.316 e. The van der Waals surface area contributed by atoms with Crippen molar-refractivity contribution in [3.63, 3.8) is 0 Å². The van der Waals surface area contributed by atoms with E-state index in [2.05, 4.69) is 28.6 Å². The highest BCUT2D eigenvalue weighted by molar-refractivity contribution is 7.13. The van der Waals surface area contributed by atoms with Gasteiger partial charge in [0, 0.05) is 7.05 Å². The third-order valence-corrected chi connectivity index (χ3v) is 2.71. The lowest BCUT2D eigenvalue weighted by molar-refractivity contribution is 0.922. The molecule has 0 bridgehead atoms. The van der Waals surface area contributed by atoms with Crippen molar-refractivity contribution in [1.29, 1.82) is 0 Å². The van der Waals surface area contributed by atoms with Crippen molar-refractivity contribution in [1.82, 2.24) is 14.8 Å². The standard InChI is InChI=1S/C8H9N3S/c1-6-3-7(12-4-6)8-10-9-5-11(8)2/h3-5H,1-2H3. The highest BCUT2D eigenvalue weighted by atomic mass is 32.1. The molecule has 0 aliphatic rings. The van der Waals surface area contributed by atoms with Crippen molar-refractivity contribution < 1.29 is 0 Å². The molecule has 2 heterocycles. The summed E-state index contributed by atoms with van der Waals surface area (Å²) in [4.78, 5) is 1.17. The Bertz CT molecular complexity index is 388. The molecule has 4 heteroatoms. The van der Waals surface area contributed by atoms with Crippen LogP contribution in [0.5, 0.6) is 0 Å². The molecule has 2 aromatic rings. The molecule has 0 N–H and O–H groups in total. The Hall–Kier alpha value is -1.16. The quantitative estimate of drug-likeness (QED) is 0.669. The van der Waals surface area contributed by atoms with Crippen LogP contribution in [0, 0.1) is 6.92 Å². The fourth-order valence-corrected chi connectivity index (χ4v) is 1.98. The SMILES string of the molecule is Cc1csc(-c2nncn2C)c1. The summed E-state index contributed by atoms with van der Waals surface area (Å²) in [6.45, 7) is 2.08. The van der Waals surface area contributed by atoms with E-state index in [-0.39, 0.29) is 0 Å². The van der Waals surface area contributed by atoms with Crippen LogP contribution in [-0.2, 0) is 7.05 Å². The molecule has 0 aliphatic carbocycles. The van der Waals surface area contributed by atoms with Gasteiger partial charge in [0.1, 0.15) is 6.33 Å². The summed E-state index contributed by atoms with van der Waals surface area (Å²) >= 11 is 1.70. The lowest BCUT2D eigenvalue weighted by Crippen LogP contribution is -1.87. The average molecular weight is 179 g/mol. The summed E-state index contributed by atoms with van der Waals surface area (Å²) in [7, 11) is 1.95. The highest BCUT2D eigenvalue weighted by Gasteiger charge is 2.05. The molecule has 0 amide bonds. The topological polar surface area (TPSA) is 30.7 Å². The predicted octanol–water partition coefficient (Wildman–Crippen LogP) is 1.85. The summed E-state index contributed by atoms with van der Waals surface area (Å²) in [5.74, 6) is 0.938. The van der Waals surface area contributed by atoms with Crippen LogP contribution in [0.3, 0.4) is 0 Å². The molecule has 0 aromatic carbocycles. The Morgan fingerprint density at radius 3 is 2.83 bits per heavy atom. The van der Waals surface area contributed by atoms with Gasteiger partial charge >= 0.3 is 0 Å². The average Bonchev–Trinajstić information content (AvgIpc) is 2.58. The number of aromatic nitrogens is 3. The van der Waals surface area contributed by atoms with Gasteiger partial charge in [0.2, 0.25) is 0 Å². The van der Waals surface area contributed by atoms with E-state index in [1.54, 1.807) is 17.7 Å². The zero-order valence-corrected chi connectivity index (χ0v) is 7.80. The second kappa shape index (κ2) is 2.71. The molecule has 0 saturated carbocycles. The molecular formula is C8H9N3S. The monoisotopic (exact) mass is 179 g/mol. The van der Waals surface area contributed by atoms with E-state index < -0.39 is 0 Å². The second-order valence-electron chi connectivity index (χ2n) is 2.75. The van der Waals surface area contributed by atoms with Gasteiger partial charge in [0.15, 0.2) is 5.82 Å². The van der Waals surface area contributed by atoms with Crippen molar-refractivity contribution in [2.24, 2.45) is 7.05 Å². The number of thiophene rings is 1. The smallest absolute Gasteiger partial charge is 0.173 e. The van der Waals surface area contributed by atoms with Crippen LogP contribution in [0.15, 0.2) is 17.8 Å². The minimum absolute atomic E-state index is 0.938. The zero-order chi connectivity index (χ0) is 8.55. The van der Waals surface area contributed by atoms with Crippen LogP contribution in [0.1, 0.15) is 5.56 Å². The lowest BCUT2D eigenvalue weighted by Gasteiger charge is -1.93. The number of nitrogens with zero attached hydrogens (tertiary/aromatic N) is 3. The van der Waals surface area contributed by atoms with Gasteiger partial charge in [-0.25, -0.2) is 0 Å². The molecule has 0 atom stereocenters. The fraction of sp³-hybridized carbons (Fsp3) is 0.250. The van der Waals surface area contributed by atoms with Crippen LogP contribution in [0.25, 0.3) is 10.7 Å². The zero-order valence-electron chi connectivity index (χ0n) is 6.98. The van der Waals surface area contributed by atoms with E-state index in [1.165, 1.54) is 10.4 Å². The number of aryl methyl sites for hydroxylation is 2. The molecular weight excluding hydrogens is 170 g/mol. The van der Waals surface area contributed by atoms with E-state index in [1.807, 2.05) is 11.6 Å². The summed E-state index contributed by atoms with van der Waals surface area (Å²) in [5.41, 5.74) is 1.28. The van der Waals surface area contributed by atoms with Crippen molar-refractivity contribution in [2.75, 3.05) is 0 Å². The maximum atomic E-state index is 4.02. The van der Waals surface area contributed by atoms with E-state index in [4.69, 9.17) is 0 Å². The number of hydrogen-bond acceptors (Lipinski definition) is 3. The molecule has 2 aromatic heterocycles. The molecule has 0 spiro atoms. The van der Waals surface area contributed by atoms with Gasteiger partial charge in [-0.1, -0.05) is 0 Å². The first kappa shape index (κ1) is 7.49. The molecule has 62 valence electrons. The van der Waals surface area contributed by atoms with E-state index in [9.17, 15) is 0 Å². The van der Waals surface area contributed by atoms with Crippen molar-refractivity contribution in [3.8, 4) is 10.7 Å². The first-order valence-corrected chi connectivity index (χ1v) is 4.55. The van der Waals surface area contributed by atoms with Crippen molar-refractivity contribution in [2.45, 2.75) is 6.92 Å². The van der Waals surface area contributed by atoms with Gasteiger partial charge in [-0.05, 0) is 23.9 Å². The fourth-order valence-electron chi connectivity index (χ4n) is 1.05. The maximum Gasteiger partial charge on any atom is 0.173 e. The highest BCUT2D eigenvalue weighted by Crippen LogP contribution is 2.23. The van der Waals surface area contributed by atoms with Gasteiger partial charge in [-0.2, -0.15) is 0 Å². The normalized spacial score (nSPS) is 10.5. The van der Waals surface area contributed by atoms with Crippen LogP contribution in [0.2, 0.25) is 0 Å². The number of rotatable bonds is 1. The Labute approximate surface area is 74.7 Å². The third-order valence-electron chi connectivity index (χ3n) is 1.66. The summed E-state index contributed by atoms with van der Waals surface area (Å²) in [5, 5.41) is 9.96. The van der Waals surface area contributed by atoms with Crippen LogP contribution in [-0.4, -0.2) is 14.8 Å². The molecule has 12 heavy (non-hydrogen) atoms. The van der Waals surface area contributed by atoms with E-state index in [0.717, 1.165) is 5.82 Å². The molecule has 0 radical (unpaired) electrons. The summed E-state index contributed by atoms with van der Waals surface area (Å²) in [6, 6.07) is 2.12. The summed E-state index contributed by atoms with van der Waals surface area (Å²) in [6.07, 6.45) is 1.71. The van der Waals surface area contributed by atoms with Crippen LogP contribution in [0.4, 0.5) is 0 Å². The molecule has 0 aliphatic heterocycles. The Balaban J connectivity index is 2.50. The predicted molar refractivity (Wildman–Crippen MR) is 49.1 cm³/mol. The third kappa shape index (κ3) is 1.14. The van der Waals surface area contributed by atoms with E-state index >= 15 is 0 Å². The van der Waals surface area contributed by atoms with E-state index in [0.29, 0.717) is 0 Å². The minimum atomic E-state index is 0.938. The Morgan fingerprint density at radius 1 is 1.50 bits per heavy atom. The van der Waals surface area contributed by atoms with Crippen LogP contribution < -0.4 is 0 Å². The second-order valence-corrected chi connectivity index (χ2v) is 3.66. The molecule has 0 unspecified atom stereocenters. The van der Waals surface area contributed by atoms with Crippen molar-refractivity contribution in [3.05, 3.63) is 23.3 Å². The van der Waals surface area contributed by atoms with Crippen LogP contribution >= 0.6 is 11.3 Å². The molecule has 0 fully saturated rings. The molecule has 2 rings (SSSR count). The maximum absolute atomic E-state index is 4.02. The Kier molecular flexibility index (Phi) is 1.69.